The zero-order valence-corrected chi connectivity index (χ0v) is 15.3. The standard InChI is InChI=1S/C13H21.3ClH.Zr/c1-3-5-8-12-10-7-11-13(12)9-6-4-2;;;;/h7,10-11H,3-6,8-9H2,1-2H3;3*1H;/q-1;;;;+4/p-3. The van der Waals surface area contributed by atoms with Crippen LogP contribution in [0.25, 0.3) is 0 Å². The molecule has 1 rings (SSSR count). The van der Waals surface area contributed by atoms with Crippen LogP contribution in [0, 0.1) is 0 Å². The summed E-state index contributed by atoms with van der Waals surface area (Å²) in [7, 11) is 0. The van der Waals surface area contributed by atoms with E-state index in [0.29, 0.717) is 0 Å². The Labute approximate surface area is 144 Å². The Morgan fingerprint density at radius 1 is 1.00 bits per heavy atom. The fourth-order valence-corrected chi connectivity index (χ4v) is 1.72. The minimum Gasteiger partial charge on any atom is -1.00 e. The monoisotopic (exact) mass is 372 g/mol. The molecule has 0 aromatic heterocycles. The van der Waals surface area contributed by atoms with E-state index in [1.807, 2.05) is 0 Å². The molecule has 0 saturated heterocycles. The molecule has 0 atom stereocenters. The molecule has 0 N–H and O–H groups in total. The van der Waals surface area contributed by atoms with Crippen molar-refractivity contribution in [2.24, 2.45) is 0 Å². The molecule has 0 spiro atoms. The molecule has 98 valence electrons. The molecule has 0 fully saturated rings. The summed E-state index contributed by atoms with van der Waals surface area (Å²) >= 11 is 0. The third kappa shape index (κ3) is 10.7. The predicted octanol–water partition coefficient (Wildman–Crippen LogP) is -4.90. The molecule has 0 bridgehead atoms. The van der Waals surface area contributed by atoms with Crippen molar-refractivity contribution in [1.82, 2.24) is 0 Å². The second kappa shape index (κ2) is 17.1. The average Bonchev–Trinajstić information content (AvgIpc) is 2.59. The quantitative estimate of drug-likeness (QED) is 0.438. The number of hydrogen-bond donors (Lipinski definition) is 0. The Balaban J connectivity index is -0.000000211. The van der Waals surface area contributed by atoms with E-state index in [4.69, 9.17) is 0 Å². The Kier molecular flexibility index (Phi) is 26.8. The van der Waals surface area contributed by atoms with Gasteiger partial charge in [-0.05, 0) is 0 Å². The first-order valence-corrected chi connectivity index (χ1v) is 5.62. The summed E-state index contributed by atoms with van der Waals surface area (Å²) in [5.74, 6) is 0. The average molecular weight is 375 g/mol. The number of unbranched alkanes of at least 4 members (excludes halogenated alkanes) is 2. The van der Waals surface area contributed by atoms with E-state index in [-0.39, 0.29) is 63.4 Å². The molecule has 1 aromatic rings. The molecule has 0 radical (unpaired) electrons. The molecule has 17 heavy (non-hydrogen) atoms. The van der Waals surface area contributed by atoms with E-state index in [0.717, 1.165) is 0 Å². The van der Waals surface area contributed by atoms with Gasteiger partial charge in [0.2, 0.25) is 0 Å². The van der Waals surface area contributed by atoms with Crippen LogP contribution in [0.3, 0.4) is 0 Å². The van der Waals surface area contributed by atoms with Crippen LogP contribution >= 0.6 is 0 Å². The van der Waals surface area contributed by atoms with Crippen molar-refractivity contribution in [1.29, 1.82) is 0 Å². The Morgan fingerprint density at radius 2 is 1.59 bits per heavy atom. The molecule has 0 unspecified atom stereocenters. The van der Waals surface area contributed by atoms with Crippen LogP contribution in [-0.4, -0.2) is 0 Å². The maximum Gasteiger partial charge on any atom is 4.00 e. The first-order chi connectivity index (χ1) is 6.38. The number of aryl methyl sites for hydroxylation is 2. The topological polar surface area (TPSA) is 0 Å². The summed E-state index contributed by atoms with van der Waals surface area (Å²) in [6.07, 6.45) is 7.84. The molecule has 0 aliphatic heterocycles. The molecule has 0 aliphatic carbocycles. The molecule has 0 heterocycles. The number of hydrogen-bond acceptors (Lipinski definition) is 0. The van der Waals surface area contributed by atoms with Gasteiger partial charge in [0, 0.05) is 0 Å². The van der Waals surface area contributed by atoms with Crippen LogP contribution in [0.1, 0.15) is 50.7 Å². The molecule has 0 amide bonds. The smallest absolute Gasteiger partial charge is 1.00 e. The van der Waals surface area contributed by atoms with E-state index in [1.165, 1.54) is 38.5 Å². The Hall–Kier alpha value is 1.10. The van der Waals surface area contributed by atoms with Gasteiger partial charge in [-0.2, -0.15) is 17.2 Å². The second-order valence-corrected chi connectivity index (χ2v) is 3.78. The molecule has 1 aromatic carbocycles. The molecule has 0 aliphatic rings. The van der Waals surface area contributed by atoms with Crippen LogP contribution < -0.4 is 37.2 Å². The predicted molar refractivity (Wildman–Crippen MR) is 59.3 cm³/mol. The van der Waals surface area contributed by atoms with Gasteiger partial charge in [-0.3, -0.25) is 0 Å². The van der Waals surface area contributed by atoms with Gasteiger partial charge in [0.25, 0.3) is 0 Å². The number of halogens is 3. The van der Waals surface area contributed by atoms with E-state index in [1.54, 1.807) is 11.1 Å². The third-order valence-electron chi connectivity index (χ3n) is 2.61. The SMILES string of the molecule is CCCCc1ccc[c-]1CCCC.[Cl-].[Cl-].[Cl-].[Zr+4]. The van der Waals surface area contributed by atoms with Crippen LogP contribution in [0.5, 0.6) is 0 Å². The van der Waals surface area contributed by atoms with Crippen molar-refractivity contribution in [3.8, 4) is 0 Å². The van der Waals surface area contributed by atoms with Crippen molar-refractivity contribution in [2.45, 2.75) is 52.4 Å². The van der Waals surface area contributed by atoms with E-state index in [9.17, 15) is 0 Å². The molecular weight excluding hydrogens is 354 g/mol. The largest absolute Gasteiger partial charge is 4.00 e. The first kappa shape index (κ1) is 26.6. The fourth-order valence-electron chi connectivity index (χ4n) is 1.72. The van der Waals surface area contributed by atoms with E-state index >= 15 is 0 Å². The summed E-state index contributed by atoms with van der Waals surface area (Å²) in [4.78, 5) is 0. The van der Waals surface area contributed by atoms with Crippen molar-refractivity contribution < 1.29 is 63.4 Å². The van der Waals surface area contributed by atoms with Crippen LogP contribution in [0.15, 0.2) is 18.2 Å². The number of rotatable bonds is 6. The zero-order valence-electron chi connectivity index (χ0n) is 10.6. The fraction of sp³-hybridized carbons (Fsp3) is 0.615. The van der Waals surface area contributed by atoms with Gasteiger partial charge in [-0.15, -0.1) is 0 Å². The van der Waals surface area contributed by atoms with Gasteiger partial charge in [0.15, 0.2) is 0 Å². The van der Waals surface area contributed by atoms with Crippen molar-refractivity contribution >= 4 is 0 Å². The second-order valence-electron chi connectivity index (χ2n) is 3.78. The van der Waals surface area contributed by atoms with Crippen molar-refractivity contribution in [3.05, 3.63) is 29.3 Å². The van der Waals surface area contributed by atoms with Crippen LogP contribution in [0.4, 0.5) is 0 Å². The normalized spacial score (nSPS) is 8.12. The summed E-state index contributed by atoms with van der Waals surface area (Å²) < 4.78 is 0. The molecule has 0 nitrogen and oxygen atoms in total. The minimum absolute atomic E-state index is 0. The maximum atomic E-state index is 2.29. The summed E-state index contributed by atoms with van der Waals surface area (Å²) in [6, 6.07) is 6.79. The summed E-state index contributed by atoms with van der Waals surface area (Å²) in [6.45, 7) is 4.52. The zero-order chi connectivity index (χ0) is 9.52. The minimum atomic E-state index is 0. The molecule has 4 heteroatoms. The maximum absolute atomic E-state index is 2.29. The molecule has 0 saturated carbocycles. The summed E-state index contributed by atoms with van der Waals surface area (Å²) in [5, 5.41) is 0. The van der Waals surface area contributed by atoms with E-state index < -0.39 is 0 Å². The first-order valence-electron chi connectivity index (χ1n) is 5.62. The van der Waals surface area contributed by atoms with Crippen molar-refractivity contribution in [2.75, 3.05) is 0 Å². The third-order valence-corrected chi connectivity index (χ3v) is 2.61. The van der Waals surface area contributed by atoms with Crippen molar-refractivity contribution in [3.63, 3.8) is 0 Å². The van der Waals surface area contributed by atoms with Gasteiger partial charge in [-0.1, -0.05) is 52.4 Å². The van der Waals surface area contributed by atoms with Gasteiger partial charge in [0.05, 0.1) is 0 Å². The van der Waals surface area contributed by atoms with Crippen LogP contribution in [-0.2, 0) is 39.0 Å². The van der Waals surface area contributed by atoms with E-state index in [2.05, 4.69) is 32.0 Å². The van der Waals surface area contributed by atoms with Gasteiger partial charge in [0.1, 0.15) is 0 Å². The van der Waals surface area contributed by atoms with Crippen LogP contribution in [0.2, 0.25) is 0 Å². The van der Waals surface area contributed by atoms with Gasteiger partial charge < -0.3 is 37.2 Å². The summed E-state index contributed by atoms with van der Waals surface area (Å²) in [5.41, 5.74) is 3.19. The Morgan fingerprint density at radius 3 is 2.12 bits per heavy atom. The van der Waals surface area contributed by atoms with Gasteiger partial charge >= 0.3 is 26.2 Å². The Bertz CT molecular complexity index is 214. The van der Waals surface area contributed by atoms with Gasteiger partial charge in [-0.25, -0.2) is 12.1 Å². The molecular formula is C13H21Cl3Zr.